The van der Waals surface area contributed by atoms with Gasteiger partial charge in [0.15, 0.2) is 0 Å². The van der Waals surface area contributed by atoms with Gasteiger partial charge in [-0.1, -0.05) is 19.8 Å². The van der Waals surface area contributed by atoms with E-state index in [0.717, 1.165) is 74.1 Å². The number of hydrogen-bond acceptors (Lipinski definition) is 9. The lowest BCUT2D eigenvalue weighted by Crippen LogP contribution is -2.31. The highest BCUT2D eigenvalue weighted by Gasteiger charge is 2.31. The van der Waals surface area contributed by atoms with E-state index in [1.807, 2.05) is 12.1 Å². The van der Waals surface area contributed by atoms with Crippen LogP contribution < -0.4 is 16.8 Å². The largest absolute Gasteiger partial charge is 0.397 e. The normalized spacial score (nSPS) is 24.0. The molecule has 4 atom stereocenters. The highest BCUT2D eigenvalue weighted by Crippen LogP contribution is 2.41. The molecule has 2 aromatic heterocycles. The van der Waals surface area contributed by atoms with Crippen molar-refractivity contribution in [2.75, 3.05) is 62.9 Å². The number of anilines is 3. The number of pyridine rings is 2. The van der Waals surface area contributed by atoms with E-state index in [0.29, 0.717) is 55.5 Å². The molecule has 2 saturated heterocycles. The van der Waals surface area contributed by atoms with Crippen molar-refractivity contribution in [2.45, 2.75) is 70.8 Å². The van der Waals surface area contributed by atoms with Gasteiger partial charge in [-0.25, -0.2) is 4.98 Å². The highest BCUT2D eigenvalue weighted by molar-refractivity contribution is 5.82. The van der Waals surface area contributed by atoms with Crippen LogP contribution >= 0.6 is 0 Å². The first-order valence-electron chi connectivity index (χ1n) is 16.1. The zero-order chi connectivity index (χ0) is 29.1. The third-order valence-electron chi connectivity index (χ3n) is 9.32. The van der Waals surface area contributed by atoms with Crippen molar-refractivity contribution in [2.24, 2.45) is 28.7 Å². The predicted octanol–water partition coefficient (Wildman–Crippen LogP) is 5.40. The van der Waals surface area contributed by atoms with Gasteiger partial charge in [0.1, 0.15) is 11.9 Å². The molecule has 2 aromatic rings. The number of rotatable bonds is 14. The number of nitrogen functional groups attached to an aromatic ring is 2. The van der Waals surface area contributed by atoms with Crippen LogP contribution in [0.3, 0.4) is 0 Å². The minimum atomic E-state index is 0.112. The summed E-state index contributed by atoms with van der Waals surface area (Å²) in [7, 11) is 0. The Kier molecular flexibility index (Phi) is 11.4. The maximum atomic E-state index is 6.40. The van der Waals surface area contributed by atoms with Crippen LogP contribution in [-0.4, -0.2) is 68.4 Å². The van der Waals surface area contributed by atoms with Crippen LogP contribution in [0.15, 0.2) is 29.4 Å². The molecule has 0 amide bonds. The van der Waals surface area contributed by atoms with Crippen molar-refractivity contribution in [3.05, 3.63) is 30.1 Å². The maximum Gasteiger partial charge on any atom is 0.126 e. The molecule has 1 aliphatic carbocycles. The number of ether oxygens (including phenoxy) is 3. The average Bonchev–Trinajstić information content (AvgIpc) is 3.02. The second-order valence-electron chi connectivity index (χ2n) is 12.3. The lowest BCUT2D eigenvalue weighted by atomic mass is 9.69. The Morgan fingerprint density at radius 2 is 1.90 bits per heavy atom. The van der Waals surface area contributed by atoms with Gasteiger partial charge in [-0.15, -0.1) is 0 Å². The minimum absolute atomic E-state index is 0.112. The first-order chi connectivity index (χ1) is 20.6. The third kappa shape index (κ3) is 8.64. The van der Waals surface area contributed by atoms with Gasteiger partial charge in [0.2, 0.25) is 0 Å². The number of nitrogens with zero attached hydrogens (tertiary/aromatic N) is 3. The lowest BCUT2D eigenvalue weighted by molar-refractivity contribution is -0.0832. The zero-order valence-corrected chi connectivity index (χ0v) is 25.3. The van der Waals surface area contributed by atoms with Crippen molar-refractivity contribution >= 4 is 23.4 Å². The van der Waals surface area contributed by atoms with Crippen molar-refractivity contribution < 1.29 is 14.2 Å². The van der Waals surface area contributed by atoms with E-state index < -0.39 is 0 Å². The van der Waals surface area contributed by atoms with E-state index in [1.165, 1.54) is 32.1 Å². The van der Waals surface area contributed by atoms with E-state index in [2.05, 4.69) is 29.5 Å². The van der Waals surface area contributed by atoms with E-state index in [9.17, 15) is 0 Å². The Hall–Kier alpha value is -2.75. The van der Waals surface area contributed by atoms with Gasteiger partial charge in [-0.2, -0.15) is 0 Å². The smallest absolute Gasteiger partial charge is 0.126 e. The van der Waals surface area contributed by atoms with Gasteiger partial charge in [0, 0.05) is 37.2 Å². The second kappa shape index (κ2) is 15.6. The Balaban J connectivity index is 1.12. The molecule has 0 bridgehead atoms. The lowest BCUT2D eigenvalue weighted by Gasteiger charge is -2.37. The molecule has 4 heterocycles. The quantitative estimate of drug-likeness (QED) is 0.254. The summed E-state index contributed by atoms with van der Waals surface area (Å²) in [6, 6.07) is 5.98. The molecule has 230 valence electrons. The fraction of sp³-hybridized carbons (Fsp3) is 0.667. The molecule has 3 aliphatic rings. The van der Waals surface area contributed by atoms with Crippen LogP contribution in [0, 0.1) is 23.7 Å². The number of aliphatic imine (C=N–C) groups is 1. The molecule has 5 N–H and O–H groups in total. The van der Waals surface area contributed by atoms with E-state index >= 15 is 0 Å². The number of aromatic nitrogens is 2. The average molecular weight is 579 g/mol. The fourth-order valence-electron chi connectivity index (χ4n) is 6.36. The summed E-state index contributed by atoms with van der Waals surface area (Å²) >= 11 is 0. The van der Waals surface area contributed by atoms with Crippen LogP contribution in [0.1, 0.15) is 64.0 Å². The Morgan fingerprint density at radius 3 is 2.67 bits per heavy atom. The standard InChI is InChI=1S/C33H50N6O3/c1-2-23(18-36-20-28-22-41-14-15-42-28)4-3-5-25-6-7-26(25)16-27-17-29(31(35)21-37-27)33-30(34)8-9-32(39-33)38-19-24-10-12-40-13-11-24/h8-9,17-18,21,23-26,28H,2-7,10-16,19-20,22,34-35H2,1H3,(H,38,39). The monoisotopic (exact) mass is 578 g/mol. The number of nitrogens with one attached hydrogen (secondary N) is 1. The van der Waals surface area contributed by atoms with Gasteiger partial charge in [0.05, 0.1) is 49.6 Å². The zero-order valence-electron chi connectivity index (χ0n) is 25.3. The summed E-state index contributed by atoms with van der Waals surface area (Å²) in [6.45, 7) is 7.56. The van der Waals surface area contributed by atoms with E-state index in [1.54, 1.807) is 6.20 Å². The summed E-state index contributed by atoms with van der Waals surface area (Å²) < 4.78 is 16.7. The van der Waals surface area contributed by atoms with Crippen LogP contribution in [0.4, 0.5) is 17.2 Å². The van der Waals surface area contributed by atoms with Crippen LogP contribution in [0.5, 0.6) is 0 Å². The Bertz CT molecular complexity index is 1150. The van der Waals surface area contributed by atoms with Crippen LogP contribution in [0.25, 0.3) is 11.3 Å². The van der Waals surface area contributed by atoms with E-state index in [-0.39, 0.29) is 6.10 Å². The number of hydrogen-bond donors (Lipinski definition) is 3. The first kappa shape index (κ1) is 30.7. The minimum Gasteiger partial charge on any atom is -0.397 e. The molecule has 0 aromatic carbocycles. The number of nitrogens with two attached hydrogens (primary N) is 2. The molecule has 4 unspecified atom stereocenters. The Labute approximate surface area is 251 Å². The molecular formula is C33H50N6O3. The van der Waals surface area contributed by atoms with Gasteiger partial charge >= 0.3 is 0 Å². The van der Waals surface area contributed by atoms with Crippen molar-refractivity contribution in [1.82, 2.24) is 9.97 Å². The van der Waals surface area contributed by atoms with Crippen molar-refractivity contribution in [3.63, 3.8) is 0 Å². The van der Waals surface area contributed by atoms with Gasteiger partial charge in [-0.05, 0) is 86.8 Å². The second-order valence-corrected chi connectivity index (χ2v) is 12.3. The van der Waals surface area contributed by atoms with Crippen molar-refractivity contribution in [3.8, 4) is 11.3 Å². The molecular weight excluding hydrogens is 528 g/mol. The van der Waals surface area contributed by atoms with Crippen LogP contribution in [0.2, 0.25) is 0 Å². The topological polar surface area (TPSA) is 130 Å². The molecule has 0 spiro atoms. The predicted molar refractivity (Wildman–Crippen MR) is 170 cm³/mol. The van der Waals surface area contributed by atoms with Crippen LogP contribution in [-0.2, 0) is 20.6 Å². The summed E-state index contributed by atoms with van der Waals surface area (Å²) in [6.07, 6.45) is 14.6. The summed E-state index contributed by atoms with van der Waals surface area (Å²) in [5.41, 5.74) is 16.7. The summed E-state index contributed by atoms with van der Waals surface area (Å²) in [4.78, 5) is 14.3. The summed E-state index contributed by atoms with van der Waals surface area (Å²) in [5, 5.41) is 3.50. The van der Waals surface area contributed by atoms with Gasteiger partial charge < -0.3 is 31.0 Å². The molecule has 0 radical (unpaired) electrons. The molecule has 9 heteroatoms. The third-order valence-corrected chi connectivity index (χ3v) is 9.32. The molecule has 2 aliphatic heterocycles. The van der Waals surface area contributed by atoms with Crippen molar-refractivity contribution in [1.29, 1.82) is 0 Å². The molecule has 3 fully saturated rings. The SMILES string of the molecule is CCC(C=NCC1COCCO1)CCCC1CCC1Cc1cc(-c2nc(NCC3CCOCC3)ccc2N)c(N)cn1. The Morgan fingerprint density at radius 1 is 1.05 bits per heavy atom. The highest BCUT2D eigenvalue weighted by atomic mass is 16.6. The van der Waals surface area contributed by atoms with E-state index in [4.69, 9.17) is 35.6 Å². The van der Waals surface area contributed by atoms with Gasteiger partial charge in [-0.3, -0.25) is 9.98 Å². The molecule has 1 saturated carbocycles. The fourth-order valence-corrected chi connectivity index (χ4v) is 6.36. The molecule has 9 nitrogen and oxygen atoms in total. The maximum absolute atomic E-state index is 6.40. The molecule has 42 heavy (non-hydrogen) atoms. The van der Waals surface area contributed by atoms with Gasteiger partial charge in [0.25, 0.3) is 0 Å². The first-order valence-corrected chi connectivity index (χ1v) is 16.1. The molecule has 5 rings (SSSR count). The summed E-state index contributed by atoms with van der Waals surface area (Å²) in [5.74, 6) is 3.40.